The van der Waals surface area contributed by atoms with Crippen LogP contribution in [0.25, 0.3) is 6.08 Å². The summed E-state index contributed by atoms with van der Waals surface area (Å²) in [7, 11) is 0. The van der Waals surface area contributed by atoms with Crippen LogP contribution in [0.3, 0.4) is 0 Å². The number of benzene rings is 3. The lowest BCUT2D eigenvalue weighted by Crippen LogP contribution is -2.54. The summed E-state index contributed by atoms with van der Waals surface area (Å²) in [4.78, 5) is 27.0. The maximum Gasteiger partial charge on any atom is 0.270 e. The Morgan fingerprint density at radius 3 is 2.34 bits per heavy atom. The van der Waals surface area contributed by atoms with Crippen LogP contribution in [0.15, 0.2) is 78.4 Å². The fraction of sp³-hybridized carbons (Fsp3) is 0. The van der Waals surface area contributed by atoms with Gasteiger partial charge < -0.3 is 4.74 Å². The fourth-order valence-electron chi connectivity index (χ4n) is 3.10. The molecule has 0 saturated carbocycles. The van der Waals surface area contributed by atoms with E-state index in [0.717, 1.165) is 0 Å². The first kappa shape index (κ1) is 21.2. The number of nitriles is 1. The van der Waals surface area contributed by atoms with Crippen molar-refractivity contribution in [3.8, 4) is 17.6 Å². The summed E-state index contributed by atoms with van der Waals surface area (Å²) in [5, 5.41) is 12.3. The summed E-state index contributed by atoms with van der Waals surface area (Å²) in [5.74, 6) is -0.440. The Hall–Kier alpha value is -3.99. The molecule has 1 N–H and O–H groups in total. The van der Waals surface area contributed by atoms with Crippen LogP contribution in [0.2, 0.25) is 5.02 Å². The first-order valence-electron chi connectivity index (χ1n) is 9.41. The standard InChI is InChI=1S/C24H14ClN3O3S/c25-17-9-11-18(12-10-17)28-23(30)19(22(29)27-24(28)32)13-15-5-1-3-7-20(15)31-21-8-4-2-6-16(21)14-26/h1-13H,(H,27,29,32). The largest absolute Gasteiger partial charge is 0.455 e. The highest BCUT2D eigenvalue weighted by atomic mass is 35.5. The first-order valence-corrected chi connectivity index (χ1v) is 10.2. The minimum Gasteiger partial charge on any atom is -0.455 e. The topological polar surface area (TPSA) is 82.4 Å². The van der Waals surface area contributed by atoms with Gasteiger partial charge in [0, 0.05) is 10.6 Å². The zero-order valence-corrected chi connectivity index (χ0v) is 18.0. The predicted molar refractivity (Wildman–Crippen MR) is 125 cm³/mol. The highest BCUT2D eigenvalue weighted by Crippen LogP contribution is 2.30. The smallest absolute Gasteiger partial charge is 0.270 e. The summed E-state index contributed by atoms with van der Waals surface area (Å²) in [6.45, 7) is 0. The molecule has 0 bridgehead atoms. The highest BCUT2D eigenvalue weighted by Gasteiger charge is 2.34. The minimum atomic E-state index is -0.613. The molecule has 8 heteroatoms. The molecule has 0 radical (unpaired) electrons. The van der Waals surface area contributed by atoms with Gasteiger partial charge in [-0.1, -0.05) is 41.9 Å². The van der Waals surface area contributed by atoms with Crippen LogP contribution in [-0.4, -0.2) is 16.9 Å². The molecule has 3 aromatic carbocycles. The molecule has 1 fully saturated rings. The summed E-state index contributed by atoms with van der Waals surface area (Å²) >= 11 is 11.1. The van der Waals surface area contributed by atoms with E-state index in [9.17, 15) is 14.9 Å². The average Bonchev–Trinajstić information content (AvgIpc) is 2.79. The van der Waals surface area contributed by atoms with Crippen molar-refractivity contribution < 1.29 is 14.3 Å². The quantitative estimate of drug-likeness (QED) is 0.343. The molecule has 2 amide bonds. The van der Waals surface area contributed by atoms with Crippen molar-refractivity contribution in [3.63, 3.8) is 0 Å². The number of nitrogens with zero attached hydrogens (tertiary/aromatic N) is 2. The van der Waals surface area contributed by atoms with E-state index in [1.54, 1.807) is 72.8 Å². The number of hydrogen-bond donors (Lipinski definition) is 1. The minimum absolute atomic E-state index is 0.0213. The van der Waals surface area contributed by atoms with Gasteiger partial charge in [0.25, 0.3) is 11.8 Å². The van der Waals surface area contributed by atoms with Gasteiger partial charge in [-0.2, -0.15) is 5.26 Å². The summed E-state index contributed by atoms with van der Waals surface area (Å²) in [6.07, 6.45) is 1.44. The van der Waals surface area contributed by atoms with E-state index in [-0.39, 0.29) is 10.7 Å². The Balaban J connectivity index is 1.72. The number of carbonyl (C=O) groups excluding carboxylic acids is 2. The number of anilines is 1. The molecule has 0 spiro atoms. The number of ether oxygens (including phenoxy) is 1. The van der Waals surface area contributed by atoms with Crippen molar-refractivity contribution in [2.24, 2.45) is 0 Å². The third-order valence-electron chi connectivity index (χ3n) is 4.63. The van der Waals surface area contributed by atoms with Crippen LogP contribution >= 0.6 is 23.8 Å². The van der Waals surface area contributed by atoms with Gasteiger partial charge in [0.1, 0.15) is 23.1 Å². The van der Waals surface area contributed by atoms with Gasteiger partial charge >= 0.3 is 0 Å². The van der Waals surface area contributed by atoms with Gasteiger partial charge in [0.15, 0.2) is 5.11 Å². The number of rotatable bonds is 4. The normalized spacial score (nSPS) is 14.8. The molecule has 0 atom stereocenters. The number of carbonyl (C=O) groups is 2. The van der Waals surface area contributed by atoms with Crippen molar-refractivity contribution >= 4 is 52.5 Å². The SMILES string of the molecule is N#Cc1ccccc1Oc1ccccc1C=C1C(=O)NC(=S)N(c2ccc(Cl)cc2)C1=O. The molecule has 0 aromatic heterocycles. The third kappa shape index (κ3) is 4.23. The number of thiocarbonyl (C=S) groups is 1. The van der Waals surface area contributed by atoms with Gasteiger partial charge in [0.2, 0.25) is 0 Å². The van der Waals surface area contributed by atoms with E-state index < -0.39 is 11.8 Å². The molecular weight excluding hydrogens is 446 g/mol. The third-order valence-corrected chi connectivity index (χ3v) is 5.17. The molecule has 1 aliphatic heterocycles. The monoisotopic (exact) mass is 459 g/mol. The summed E-state index contributed by atoms with van der Waals surface area (Å²) < 4.78 is 5.93. The van der Waals surface area contributed by atoms with Crippen molar-refractivity contribution in [3.05, 3.63) is 94.5 Å². The second-order valence-corrected chi connectivity index (χ2v) is 7.51. The zero-order chi connectivity index (χ0) is 22.7. The van der Waals surface area contributed by atoms with Crippen LogP contribution in [0, 0.1) is 11.3 Å². The van der Waals surface area contributed by atoms with Gasteiger partial charge in [0.05, 0.1) is 11.3 Å². The number of hydrogen-bond acceptors (Lipinski definition) is 5. The van der Waals surface area contributed by atoms with Gasteiger partial charge in [-0.3, -0.25) is 19.8 Å². The van der Waals surface area contributed by atoms with Crippen LogP contribution in [0.4, 0.5) is 5.69 Å². The Morgan fingerprint density at radius 2 is 1.62 bits per heavy atom. The summed E-state index contributed by atoms with van der Waals surface area (Å²) in [6, 6.07) is 22.3. The molecule has 1 aliphatic rings. The van der Waals surface area contributed by atoms with Crippen LogP contribution < -0.4 is 15.0 Å². The second-order valence-electron chi connectivity index (χ2n) is 6.68. The fourth-order valence-corrected chi connectivity index (χ4v) is 3.50. The predicted octanol–water partition coefficient (Wildman–Crippen LogP) is 4.84. The van der Waals surface area contributed by atoms with Gasteiger partial charge in [-0.15, -0.1) is 0 Å². The average molecular weight is 460 g/mol. The maximum atomic E-state index is 13.2. The van der Waals surface area contributed by atoms with Gasteiger partial charge in [-0.25, -0.2) is 0 Å². The Bertz CT molecular complexity index is 1310. The lowest BCUT2D eigenvalue weighted by Gasteiger charge is -2.29. The lowest BCUT2D eigenvalue weighted by molar-refractivity contribution is -0.122. The highest BCUT2D eigenvalue weighted by molar-refractivity contribution is 7.80. The Kier molecular flexibility index (Phi) is 5.99. The van der Waals surface area contributed by atoms with Crippen LogP contribution in [0.1, 0.15) is 11.1 Å². The Labute approximate surface area is 194 Å². The molecule has 4 rings (SSSR count). The second kappa shape index (κ2) is 9.02. The first-order chi connectivity index (χ1) is 15.5. The molecule has 0 aliphatic carbocycles. The molecule has 6 nitrogen and oxygen atoms in total. The van der Waals surface area contributed by atoms with E-state index in [0.29, 0.717) is 33.3 Å². The van der Waals surface area contributed by atoms with E-state index in [2.05, 4.69) is 11.4 Å². The number of para-hydroxylation sites is 2. The van der Waals surface area contributed by atoms with E-state index in [4.69, 9.17) is 28.6 Å². The number of nitrogens with one attached hydrogen (secondary N) is 1. The van der Waals surface area contributed by atoms with E-state index in [1.165, 1.54) is 11.0 Å². The van der Waals surface area contributed by atoms with Gasteiger partial charge in [-0.05, 0) is 60.8 Å². The number of halogens is 1. The van der Waals surface area contributed by atoms with E-state index >= 15 is 0 Å². The molecular formula is C24H14ClN3O3S. The van der Waals surface area contributed by atoms with E-state index in [1.807, 2.05) is 0 Å². The molecule has 3 aromatic rings. The van der Waals surface area contributed by atoms with Crippen LogP contribution in [0.5, 0.6) is 11.5 Å². The molecule has 156 valence electrons. The molecule has 0 unspecified atom stereocenters. The Morgan fingerprint density at radius 1 is 0.969 bits per heavy atom. The van der Waals surface area contributed by atoms with Crippen molar-refractivity contribution in [1.82, 2.24) is 5.32 Å². The van der Waals surface area contributed by atoms with Crippen molar-refractivity contribution in [2.45, 2.75) is 0 Å². The maximum absolute atomic E-state index is 13.2. The van der Waals surface area contributed by atoms with Crippen molar-refractivity contribution in [2.75, 3.05) is 4.90 Å². The zero-order valence-electron chi connectivity index (χ0n) is 16.4. The lowest BCUT2D eigenvalue weighted by atomic mass is 10.1. The van der Waals surface area contributed by atoms with Crippen LogP contribution in [-0.2, 0) is 9.59 Å². The van der Waals surface area contributed by atoms with Crippen molar-refractivity contribution in [1.29, 1.82) is 5.26 Å². The molecule has 32 heavy (non-hydrogen) atoms. The molecule has 1 saturated heterocycles. The number of amides is 2. The summed E-state index contributed by atoms with van der Waals surface area (Å²) in [5.41, 5.74) is 1.21. The molecule has 1 heterocycles.